The fraction of sp³-hybridized carbons (Fsp3) is 0.480. The van der Waals surface area contributed by atoms with E-state index in [4.69, 9.17) is 18.9 Å². The minimum atomic E-state index is -0.661. The molecule has 0 radical (unpaired) electrons. The van der Waals surface area contributed by atoms with E-state index in [1.807, 2.05) is 11.8 Å². The summed E-state index contributed by atoms with van der Waals surface area (Å²) in [7, 11) is 0. The van der Waals surface area contributed by atoms with Gasteiger partial charge in [-0.3, -0.25) is 0 Å². The predicted octanol–water partition coefficient (Wildman–Crippen LogP) is 2.81. The highest BCUT2D eigenvalue weighted by molar-refractivity contribution is 5.85. The summed E-state index contributed by atoms with van der Waals surface area (Å²) >= 11 is 0. The van der Waals surface area contributed by atoms with Crippen LogP contribution >= 0.6 is 0 Å². The first-order valence-corrected chi connectivity index (χ1v) is 11.9. The Morgan fingerprint density at radius 1 is 1.11 bits per heavy atom. The number of hydrogen-bond donors (Lipinski definition) is 2. The molecule has 3 aliphatic rings. The highest BCUT2D eigenvalue weighted by Crippen LogP contribution is 2.36. The van der Waals surface area contributed by atoms with Crippen molar-refractivity contribution in [3.05, 3.63) is 41.5 Å². The number of ether oxygens (including phenoxy) is 4. The second kappa shape index (κ2) is 9.02. The second-order valence-electron chi connectivity index (χ2n) is 9.08. The predicted molar refractivity (Wildman–Crippen MR) is 124 cm³/mol. The maximum absolute atomic E-state index is 15.1. The number of H-pyrrole nitrogens is 1. The Morgan fingerprint density at radius 2 is 1.86 bits per heavy atom. The first-order chi connectivity index (χ1) is 17.0. The van der Waals surface area contributed by atoms with Crippen LogP contribution in [0, 0.1) is 11.6 Å². The molecule has 3 aliphatic heterocycles. The molecule has 35 heavy (non-hydrogen) atoms. The molecular formula is C25H27F2N3O5. The van der Waals surface area contributed by atoms with Gasteiger partial charge in [-0.25, -0.2) is 13.8 Å². The zero-order chi connectivity index (χ0) is 24.1. The van der Waals surface area contributed by atoms with Crippen LogP contribution in [0.25, 0.3) is 22.3 Å². The number of nitrogens with zero attached hydrogens (tertiary/aromatic N) is 2. The third-order valence-corrected chi connectivity index (χ3v) is 6.97. The van der Waals surface area contributed by atoms with E-state index in [0.29, 0.717) is 61.9 Å². The van der Waals surface area contributed by atoms with Crippen LogP contribution in [-0.4, -0.2) is 79.0 Å². The van der Waals surface area contributed by atoms with Crippen molar-refractivity contribution in [1.29, 1.82) is 0 Å². The number of aromatic nitrogens is 2. The van der Waals surface area contributed by atoms with E-state index >= 15 is 8.78 Å². The van der Waals surface area contributed by atoms with Gasteiger partial charge in [0.2, 0.25) is 0 Å². The molecule has 1 aromatic carbocycles. The second-order valence-corrected chi connectivity index (χ2v) is 9.08. The summed E-state index contributed by atoms with van der Waals surface area (Å²) in [4.78, 5) is 9.76. The van der Waals surface area contributed by atoms with E-state index < -0.39 is 23.8 Å². The van der Waals surface area contributed by atoms with Crippen LogP contribution in [-0.2, 0) is 20.6 Å². The van der Waals surface area contributed by atoms with Crippen molar-refractivity contribution in [3.63, 3.8) is 0 Å². The zero-order valence-corrected chi connectivity index (χ0v) is 19.3. The van der Waals surface area contributed by atoms with E-state index in [1.54, 1.807) is 12.1 Å². The number of morpholine rings is 1. The molecule has 186 valence electrons. The quantitative estimate of drug-likeness (QED) is 0.572. The molecule has 0 amide bonds. The van der Waals surface area contributed by atoms with Crippen LogP contribution in [0.2, 0.25) is 0 Å². The number of aliphatic hydroxyl groups is 1. The molecule has 0 saturated carbocycles. The van der Waals surface area contributed by atoms with Crippen molar-refractivity contribution in [2.45, 2.75) is 37.8 Å². The average Bonchev–Trinajstić information content (AvgIpc) is 3.54. The summed E-state index contributed by atoms with van der Waals surface area (Å²) in [5, 5.41) is 9.98. The summed E-state index contributed by atoms with van der Waals surface area (Å²) in [6.07, 6.45) is -1.19. The lowest BCUT2D eigenvalue weighted by Crippen LogP contribution is -2.36. The molecule has 0 spiro atoms. The van der Waals surface area contributed by atoms with E-state index in [9.17, 15) is 5.11 Å². The molecule has 0 aliphatic carbocycles. The van der Waals surface area contributed by atoms with Gasteiger partial charge >= 0.3 is 0 Å². The fourth-order valence-corrected chi connectivity index (χ4v) is 5.17. The largest absolute Gasteiger partial charge is 0.470 e. The number of aryl methyl sites for hydroxylation is 1. The van der Waals surface area contributed by atoms with E-state index in [-0.39, 0.29) is 30.1 Å². The van der Waals surface area contributed by atoms with Crippen LogP contribution < -0.4 is 9.64 Å². The summed E-state index contributed by atoms with van der Waals surface area (Å²) in [5.74, 6) is -0.793. The van der Waals surface area contributed by atoms with Crippen molar-refractivity contribution in [2.24, 2.45) is 0 Å². The van der Waals surface area contributed by atoms with Gasteiger partial charge in [-0.2, -0.15) is 0 Å². The number of nitrogens with one attached hydrogen (secondary N) is 1. The van der Waals surface area contributed by atoms with Crippen LogP contribution in [0.15, 0.2) is 24.3 Å². The monoisotopic (exact) mass is 487 g/mol. The van der Waals surface area contributed by atoms with E-state index in [1.165, 1.54) is 12.1 Å². The average molecular weight is 488 g/mol. The molecule has 8 nitrogen and oxygen atoms in total. The first-order valence-electron chi connectivity index (χ1n) is 11.9. The maximum atomic E-state index is 15.1. The van der Waals surface area contributed by atoms with Gasteiger partial charge in [-0.1, -0.05) is 6.92 Å². The Kier molecular flexibility index (Phi) is 5.84. The number of hydrogen-bond acceptors (Lipinski definition) is 7. The van der Waals surface area contributed by atoms with Gasteiger partial charge < -0.3 is 33.9 Å². The number of benzene rings is 1. The number of anilines is 1. The van der Waals surface area contributed by atoms with Gasteiger partial charge in [-0.15, -0.1) is 0 Å². The Labute approximate surface area is 200 Å². The SMILES string of the molecule is CCc1c(O[C@@H]2COC3[C@H](O)CO[C@@H]32)[nH]c2ccc(-c3c(F)cc(N4CCOCC4)cc3F)nc12. The number of halogens is 2. The lowest BCUT2D eigenvalue weighted by Gasteiger charge is -2.29. The molecule has 1 unspecified atom stereocenters. The maximum Gasteiger partial charge on any atom is 0.197 e. The number of pyridine rings is 1. The molecule has 0 bridgehead atoms. The van der Waals surface area contributed by atoms with Crippen molar-refractivity contribution >= 4 is 16.7 Å². The zero-order valence-electron chi connectivity index (χ0n) is 19.3. The lowest BCUT2D eigenvalue weighted by molar-refractivity contribution is 0.00778. The van der Waals surface area contributed by atoms with Crippen LogP contribution in [0.5, 0.6) is 5.88 Å². The smallest absolute Gasteiger partial charge is 0.197 e. The number of fused-ring (bicyclic) bond motifs is 2. The third-order valence-electron chi connectivity index (χ3n) is 6.97. The molecule has 5 heterocycles. The van der Waals surface area contributed by atoms with Crippen LogP contribution in [0.1, 0.15) is 12.5 Å². The Balaban J connectivity index is 1.32. The molecule has 3 aromatic rings. The molecule has 3 fully saturated rings. The molecule has 2 aromatic heterocycles. The molecule has 3 saturated heterocycles. The third kappa shape index (κ3) is 3.94. The van der Waals surface area contributed by atoms with Gasteiger partial charge in [0.05, 0.1) is 48.7 Å². The van der Waals surface area contributed by atoms with Gasteiger partial charge in [0.15, 0.2) is 12.0 Å². The lowest BCUT2D eigenvalue weighted by atomic mass is 10.1. The molecule has 4 atom stereocenters. The Morgan fingerprint density at radius 3 is 2.60 bits per heavy atom. The summed E-state index contributed by atoms with van der Waals surface area (Å²) in [5.41, 5.74) is 2.65. The molecule has 6 rings (SSSR count). The Bertz CT molecular complexity index is 1220. The topological polar surface area (TPSA) is 89.1 Å². The standard InChI is InChI=1S/C25H27F2N3O5/c1-2-14-22-18(29-25(14)35-20-12-34-23-19(31)11-33-24(20)23)4-3-17(28-22)21-15(26)9-13(10-16(21)27)30-5-7-32-8-6-30/h3-4,9-10,19-20,23-24,29,31H,2,5-8,11-12H2,1H3/t19-,20-,23?,24-/m1/s1. The highest BCUT2D eigenvalue weighted by Gasteiger charge is 2.48. The molecule has 2 N–H and O–H groups in total. The minimum absolute atomic E-state index is 0.157. The summed E-state index contributed by atoms with van der Waals surface area (Å²) in [6.45, 7) is 4.72. The minimum Gasteiger partial charge on any atom is -0.470 e. The van der Waals surface area contributed by atoms with Gasteiger partial charge in [0, 0.05) is 24.3 Å². The van der Waals surface area contributed by atoms with Gasteiger partial charge in [0.1, 0.15) is 29.9 Å². The highest BCUT2D eigenvalue weighted by atomic mass is 19.1. The van der Waals surface area contributed by atoms with Gasteiger partial charge in [0.25, 0.3) is 0 Å². The van der Waals surface area contributed by atoms with Crippen molar-refractivity contribution in [1.82, 2.24) is 9.97 Å². The summed E-state index contributed by atoms with van der Waals surface area (Å²) < 4.78 is 53.1. The van der Waals surface area contributed by atoms with Crippen molar-refractivity contribution < 1.29 is 32.8 Å². The number of aliphatic hydroxyl groups excluding tert-OH is 1. The van der Waals surface area contributed by atoms with Crippen LogP contribution in [0.4, 0.5) is 14.5 Å². The van der Waals surface area contributed by atoms with Crippen LogP contribution in [0.3, 0.4) is 0 Å². The van der Waals surface area contributed by atoms with Crippen molar-refractivity contribution in [2.75, 3.05) is 44.4 Å². The number of aromatic amines is 1. The fourth-order valence-electron chi connectivity index (χ4n) is 5.17. The Hall–Kier alpha value is -2.79. The van der Waals surface area contributed by atoms with E-state index in [2.05, 4.69) is 9.97 Å². The normalized spacial score (nSPS) is 26.5. The van der Waals surface area contributed by atoms with E-state index in [0.717, 1.165) is 5.56 Å². The first kappa shape index (κ1) is 22.7. The molecule has 10 heteroatoms. The molecular weight excluding hydrogens is 460 g/mol. The summed E-state index contributed by atoms with van der Waals surface area (Å²) in [6, 6.07) is 6.06. The van der Waals surface area contributed by atoms with Gasteiger partial charge in [-0.05, 0) is 30.7 Å². The van der Waals surface area contributed by atoms with Crippen molar-refractivity contribution in [3.8, 4) is 17.1 Å². The number of rotatable bonds is 5.